The van der Waals surface area contributed by atoms with Gasteiger partial charge in [-0.15, -0.1) is 10.2 Å². The number of aromatic nitrogens is 3. The largest absolute Gasteiger partial charge is 0.459 e. The number of nitrogens with one attached hydrogen (secondary N) is 1. The number of furan rings is 1. The van der Waals surface area contributed by atoms with Crippen molar-refractivity contribution in [3.05, 3.63) is 88.8 Å². The summed E-state index contributed by atoms with van der Waals surface area (Å²) in [7, 11) is 0. The number of anilines is 1. The number of nitrogens with zero attached hydrogens (tertiary/aromatic N) is 3. The van der Waals surface area contributed by atoms with E-state index in [2.05, 4.69) is 31.4 Å². The fourth-order valence-electron chi connectivity index (χ4n) is 2.60. The van der Waals surface area contributed by atoms with Crippen molar-refractivity contribution in [2.24, 2.45) is 0 Å². The molecule has 1 N–H and O–H groups in total. The minimum Gasteiger partial charge on any atom is -0.459 e. The number of rotatable bonds is 6. The molecule has 2 heterocycles. The molecule has 0 saturated heterocycles. The normalized spacial score (nSPS) is 10.8. The third kappa shape index (κ3) is 4.57. The van der Waals surface area contributed by atoms with Crippen molar-refractivity contribution < 1.29 is 13.6 Å². The van der Waals surface area contributed by atoms with Gasteiger partial charge in [-0.3, -0.25) is 9.36 Å². The van der Waals surface area contributed by atoms with Gasteiger partial charge in [0.2, 0.25) is 4.73 Å². The molecule has 0 bridgehead atoms. The maximum Gasteiger partial charge on any atom is 0.291 e. The van der Waals surface area contributed by atoms with E-state index in [0.29, 0.717) is 22.1 Å². The summed E-state index contributed by atoms with van der Waals surface area (Å²) >= 11 is 4.77. The van der Waals surface area contributed by atoms with E-state index in [1.165, 1.54) is 30.2 Å². The number of para-hydroxylation sites is 1. The highest BCUT2D eigenvalue weighted by atomic mass is 79.9. The second-order valence-electron chi connectivity index (χ2n) is 5.99. The Kier molecular flexibility index (Phi) is 5.77. The van der Waals surface area contributed by atoms with Crippen LogP contribution in [0.15, 0.2) is 86.1 Å². The maximum absolute atomic E-state index is 13.2. The first-order chi connectivity index (χ1) is 14.1. The first-order valence-electron chi connectivity index (χ1n) is 8.55. The molecule has 2 aromatic carbocycles. The van der Waals surface area contributed by atoms with Crippen LogP contribution in [0.25, 0.3) is 0 Å². The lowest BCUT2D eigenvalue weighted by Gasteiger charge is -2.11. The minimum atomic E-state index is -0.336. The average Bonchev–Trinajstić information content (AvgIpc) is 3.37. The molecule has 0 aliphatic rings. The van der Waals surface area contributed by atoms with Crippen molar-refractivity contribution in [2.45, 2.75) is 16.6 Å². The molecule has 9 heteroatoms. The number of amides is 1. The lowest BCUT2D eigenvalue weighted by molar-refractivity contribution is 0.0996. The van der Waals surface area contributed by atoms with Crippen molar-refractivity contribution in [3.8, 4) is 0 Å². The predicted molar refractivity (Wildman–Crippen MR) is 110 cm³/mol. The van der Waals surface area contributed by atoms with E-state index in [1.54, 1.807) is 30.3 Å². The van der Waals surface area contributed by atoms with Crippen LogP contribution in [-0.4, -0.2) is 20.7 Å². The third-order valence-corrected chi connectivity index (χ3v) is 5.65. The number of benzene rings is 2. The van der Waals surface area contributed by atoms with Gasteiger partial charge in [-0.25, -0.2) is 4.39 Å². The molecule has 0 radical (unpaired) electrons. The summed E-state index contributed by atoms with van der Waals surface area (Å²) in [5.74, 6) is -0.392. The maximum atomic E-state index is 13.2. The lowest BCUT2D eigenvalue weighted by Crippen LogP contribution is -2.11. The van der Waals surface area contributed by atoms with Crippen LogP contribution in [0.3, 0.4) is 0 Å². The van der Waals surface area contributed by atoms with Crippen LogP contribution >= 0.6 is 27.7 Å². The number of hydrogen-bond donors (Lipinski definition) is 1. The fraction of sp³-hybridized carbons (Fsp3) is 0.0500. The van der Waals surface area contributed by atoms with Crippen molar-refractivity contribution >= 4 is 39.3 Å². The zero-order valence-corrected chi connectivity index (χ0v) is 17.3. The molecule has 1 amide bonds. The Balaban J connectivity index is 1.57. The highest BCUT2D eigenvalue weighted by Gasteiger charge is 2.16. The smallest absolute Gasteiger partial charge is 0.291 e. The second-order valence-corrected chi connectivity index (χ2v) is 7.71. The molecule has 4 rings (SSSR count). The van der Waals surface area contributed by atoms with Crippen LogP contribution < -0.4 is 5.32 Å². The average molecular weight is 473 g/mol. The predicted octanol–water partition coefficient (Wildman–Crippen LogP) is 5.22. The van der Waals surface area contributed by atoms with Crippen molar-refractivity contribution in [1.29, 1.82) is 0 Å². The van der Waals surface area contributed by atoms with Gasteiger partial charge in [-0.2, -0.15) is 0 Å². The van der Waals surface area contributed by atoms with Crippen LogP contribution in [0.4, 0.5) is 10.1 Å². The third-order valence-electron chi connectivity index (χ3n) is 4.01. The summed E-state index contributed by atoms with van der Waals surface area (Å²) in [6.45, 7) is 0.469. The van der Waals surface area contributed by atoms with E-state index in [4.69, 9.17) is 4.42 Å². The van der Waals surface area contributed by atoms with Crippen LogP contribution in [-0.2, 0) is 6.54 Å². The van der Waals surface area contributed by atoms with Crippen LogP contribution in [0.2, 0.25) is 0 Å². The zero-order valence-electron chi connectivity index (χ0n) is 14.9. The van der Waals surface area contributed by atoms with Gasteiger partial charge in [0.05, 0.1) is 18.5 Å². The summed E-state index contributed by atoms with van der Waals surface area (Å²) in [6.07, 6.45) is 1.45. The molecule has 0 saturated carbocycles. The Labute approximate surface area is 178 Å². The SMILES string of the molecule is O=C(Nc1ccccc1Sc1nnc(Br)n1Cc1ccc(F)cc1)c1ccco1. The highest BCUT2D eigenvalue weighted by Crippen LogP contribution is 2.34. The Morgan fingerprint density at radius 1 is 1.10 bits per heavy atom. The first-order valence-corrected chi connectivity index (χ1v) is 10.2. The van der Waals surface area contributed by atoms with Gasteiger partial charge >= 0.3 is 0 Å². The summed E-state index contributed by atoms with van der Waals surface area (Å²) in [5.41, 5.74) is 1.54. The minimum absolute atomic E-state index is 0.229. The Hall–Kier alpha value is -2.91. The molecule has 29 heavy (non-hydrogen) atoms. The van der Waals surface area contributed by atoms with E-state index >= 15 is 0 Å². The summed E-state index contributed by atoms with van der Waals surface area (Å²) in [4.78, 5) is 13.1. The molecule has 0 aliphatic heterocycles. The van der Waals surface area contributed by atoms with Crippen LogP contribution in [0.1, 0.15) is 16.1 Å². The van der Waals surface area contributed by atoms with Gasteiger partial charge in [0.15, 0.2) is 10.9 Å². The van der Waals surface area contributed by atoms with Gasteiger partial charge in [0, 0.05) is 4.90 Å². The molecular formula is C20H14BrFN4O2S. The number of carbonyl (C=O) groups is 1. The lowest BCUT2D eigenvalue weighted by atomic mass is 10.2. The summed E-state index contributed by atoms with van der Waals surface area (Å²) in [5, 5.41) is 11.8. The van der Waals surface area contributed by atoms with Gasteiger partial charge in [0.1, 0.15) is 5.82 Å². The van der Waals surface area contributed by atoms with Crippen molar-refractivity contribution in [3.63, 3.8) is 0 Å². The van der Waals surface area contributed by atoms with Gasteiger partial charge in [-0.1, -0.05) is 24.3 Å². The monoisotopic (exact) mass is 472 g/mol. The molecule has 4 aromatic rings. The Bertz CT molecular complexity index is 1130. The second kappa shape index (κ2) is 8.62. The molecule has 2 aromatic heterocycles. The molecule has 0 unspecified atom stereocenters. The van der Waals surface area contributed by atoms with Crippen LogP contribution in [0, 0.1) is 5.82 Å². The van der Waals surface area contributed by atoms with Gasteiger partial charge < -0.3 is 9.73 Å². The number of halogens is 2. The van der Waals surface area contributed by atoms with Crippen LogP contribution in [0.5, 0.6) is 0 Å². The van der Waals surface area contributed by atoms with E-state index in [0.717, 1.165) is 10.5 Å². The number of carbonyl (C=O) groups excluding carboxylic acids is 1. The van der Waals surface area contributed by atoms with Crippen molar-refractivity contribution in [1.82, 2.24) is 14.8 Å². The fourth-order valence-corrected chi connectivity index (χ4v) is 4.01. The first kappa shape index (κ1) is 19.4. The molecule has 6 nitrogen and oxygen atoms in total. The molecule has 0 atom stereocenters. The Morgan fingerprint density at radius 3 is 2.66 bits per heavy atom. The van der Waals surface area contributed by atoms with E-state index in [-0.39, 0.29) is 17.5 Å². The Morgan fingerprint density at radius 2 is 1.90 bits per heavy atom. The van der Waals surface area contributed by atoms with E-state index in [9.17, 15) is 9.18 Å². The summed E-state index contributed by atoms with van der Waals surface area (Å²) < 4.78 is 20.7. The molecule has 146 valence electrons. The number of hydrogen-bond acceptors (Lipinski definition) is 5. The standard InChI is InChI=1S/C20H14BrFN4O2S/c21-19-24-25-20(26(19)12-13-7-9-14(22)10-8-13)29-17-6-2-1-4-15(17)23-18(27)16-5-3-11-28-16/h1-11H,12H2,(H,23,27). The van der Waals surface area contributed by atoms with E-state index < -0.39 is 0 Å². The molecule has 0 spiro atoms. The molecule has 0 fully saturated rings. The molecule has 0 aliphatic carbocycles. The zero-order chi connectivity index (χ0) is 20.2. The summed E-state index contributed by atoms with van der Waals surface area (Å²) in [6, 6.07) is 16.9. The van der Waals surface area contributed by atoms with Gasteiger partial charge in [0.25, 0.3) is 5.91 Å². The van der Waals surface area contributed by atoms with Crippen molar-refractivity contribution in [2.75, 3.05) is 5.32 Å². The highest BCUT2D eigenvalue weighted by molar-refractivity contribution is 9.10. The van der Waals surface area contributed by atoms with Gasteiger partial charge in [-0.05, 0) is 69.7 Å². The molecular weight excluding hydrogens is 459 g/mol. The van der Waals surface area contributed by atoms with E-state index in [1.807, 2.05) is 22.8 Å². The quantitative estimate of drug-likeness (QED) is 0.416. The topological polar surface area (TPSA) is 73.0 Å².